The molecule has 0 unspecified atom stereocenters. The molecule has 1 aliphatic carbocycles. The van der Waals surface area contributed by atoms with Crippen LogP contribution in [0.1, 0.15) is 57.8 Å². The highest BCUT2D eigenvalue weighted by atomic mass is 16.5. The Labute approximate surface area is 210 Å². The predicted molar refractivity (Wildman–Crippen MR) is 131 cm³/mol. The van der Waals surface area contributed by atoms with Gasteiger partial charge in [-0.3, -0.25) is 19.3 Å². The molecule has 5 atom stereocenters. The van der Waals surface area contributed by atoms with Crippen molar-refractivity contribution in [1.29, 1.82) is 0 Å². The smallest absolute Gasteiger partial charge is 0.338 e. The first kappa shape index (κ1) is 24.5. The number of amides is 3. The minimum absolute atomic E-state index is 0.119. The lowest BCUT2D eigenvalue weighted by molar-refractivity contribution is -0.134. The highest BCUT2D eigenvalue weighted by molar-refractivity contribution is 6.11. The van der Waals surface area contributed by atoms with Crippen molar-refractivity contribution < 1.29 is 28.7 Å². The lowest BCUT2D eigenvalue weighted by Gasteiger charge is -2.35. The van der Waals surface area contributed by atoms with Crippen LogP contribution < -0.4 is 15.5 Å². The van der Waals surface area contributed by atoms with Crippen LogP contribution in [0.15, 0.2) is 36.4 Å². The van der Waals surface area contributed by atoms with Gasteiger partial charge in [-0.15, -0.1) is 0 Å². The molecule has 1 aromatic carbocycles. The number of esters is 1. The number of benzene rings is 1. The van der Waals surface area contributed by atoms with Gasteiger partial charge in [0, 0.05) is 17.3 Å². The fourth-order valence-electron chi connectivity index (χ4n) is 5.77. The maximum absolute atomic E-state index is 14.2. The monoisotopic (exact) mass is 495 g/mol. The van der Waals surface area contributed by atoms with Gasteiger partial charge in [0.25, 0.3) is 0 Å². The Morgan fingerprint density at radius 3 is 2.53 bits per heavy atom. The Balaban J connectivity index is 1.60. The normalized spacial score (nSPS) is 32.4. The van der Waals surface area contributed by atoms with E-state index in [2.05, 4.69) is 10.6 Å². The zero-order valence-electron chi connectivity index (χ0n) is 21.3. The van der Waals surface area contributed by atoms with Crippen LogP contribution in [0.5, 0.6) is 0 Å². The van der Waals surface area contributed by atoms with Gasteiger partial charge >= 0.3 is 5.97 Å². The zero-order valence-corrected chi connectivity index (χ0v) is 21.3. The second kappa shape index (κ2) is 8.16. The Bertz CT molecular complexity index is 1170. The van der Waals surface area contributed by atoms with Gasteiger partial charge in [-0.25, -0.2) is 4.79 Å². The van der Waals surface area contributed by atoms with Crippen molar-refractivity contribution >= 4 is 29.4 Å². The summed E-state index contributed by atoms with van der Waals surface area (Å²) in [4.78, 5) is 55.1. The standard InChI is InChI=1S/C27H33N3O6/c1-6-35-24(34)15-8-7-9-17(14-15)30-20(22(32)29-25(2,3)4)27-13-12-26(5,36-27)18(19(27)23(30)33)21(31)28-16-10-11-16/h7-9,12-14,16,18-20H,6,10-11H2,1-5H3,(H,28,31)(H,29,32)/t18-,19+,20-,26+,27-/m0/s1. The highest BCUT2D eigenvalue weighted by Gasteiger charge is 2.76. The summed E-state index contributed by atoms with van der Waals surface area (Å²) in [5.74, 6) is -3.19. The summed E-state index contributed by atoms with van der Waals surface area (Å²) in [5, 5.41) is 6.01. The first-order valence-electron chi connectivity index (χ1n) is 12.5. The Hall–Kier alpha value is -3.20. The quantitative estimate of drug-likeness (QED) is 0.462. The maximum Gasteiger partial charge on any atom is 0.338 e. The molecule has 192 valence electrons. The van der Waals surface area contributed by atoms with Crippen LogP contribution >= 0.6 is 0 Å². The van der Waals surface area contributed by atoms with Gasteiger partial charge in [-0.2, -0.15) is 0 Å². The van der Waals surface area contributed by atoms with Crippen LogP contribution in [0.4, 0.5) is 5.69 Å². The minimum Gasteiger partial charge on any atom is -0.462 e. The molecule has 3 amide bonds. The van der Waals surface area contributed by atoms with Crippen molar-refractivity contribution in [2.75, 3.05) is 11.5 Å². The third-order valence-electron chi connectivity index (χ3n) is 7.29. The largest absolute Gasteiger partial charge is 0.462 e. The van der Waals surface area contributed by atoms with E-state index in [9.17, 15) is 19.2 Å². The minimum atomic E-state index is -1.31. The van der Waals surface area contributed by atoms with Crippen molar-refractivity contribution in [1.82, 2.24) is 10.6 Å². The van der Waals surface area contributed by atoms with E-state index in [0.717, 1.165) is 12.8 Å². The summed E-state index contributed by atoms with van der Waals surface area (Å²) < 4.78 is 11.6. The van der Waals surface area contributed by atoms with Crippen LogP contribution in [-0.2, 0) is 23.9 Å². The molecule has 0 aromatic heterocycles. The van der Waals surface area contributed by atoms with Gasteiger partial charge in [0.1, 0.15) is 11.6 Å². The van der Waals surface area contributed by atoms with E-state index in [1.807, 2.05) is 26.8 Å². The van der Waals surface area contributed by atoms with Crippen LogP contribution in [0.2, 0.25) is 0 Å². The summed E-state index contributed by atoms with van der Waals surface area (Å²) in [6.07, 6.45) is 5.42. The molecule has 3 heterocycles. The van der Waals surface area contributed by atoms with Gasteiger partial charge in [0.2, 0.25) is 17.7 Å². The average Bonchev–Trinajstić information content (AvgIpc) is 3.40. The van der Waals surface area contributed by atoms with Gasteiger partial charge in [-0.05, 0) is 65.7 Å². The Kier molecular flexibility index (Phi) is 5.55. The summed E-state index contributed by atoms with van der Waals surface area (Å²) in [6.45, 7) is 9.30. The van der Waals surface area contributed by atoms with Crippen molar-refractivity contribution in [3.8, 4) is 0 Å². The van der Waals surface area contributed by atoms with E-state index >= 15 is 0 Å². The van der Waals surface area contributed by atoms with Gasteiger partial charge in [0.15, 0.2) is 0 Å². The molecule has 1 aromatic rings. The predicted octanol–water partition coefficient (Wildman–Crippen LogP) is 2.10. The number of carbonyl (C=O) groups is 4. The van der Waals surface area contributed by atoms with Gasteiger partial charge in [-0.1, -0.05) is 18.2 Å². The van der Waals surface area contributed by atoms with E-state index < -0.39 is 46.5 Å². The molecular formula is C27H33N3O6. The summed E-state index contributed by atoms with van der Waals surface area (Å²) >= 11 is 0. The second-order valence-electron chi connectivity index (χ2n) is 11.3. The molecule has 2 N–H and O–H groups in total. The van der Waals surface area contributed by atoms with Crippen LogP contribution in [0.25, 0.3) is 0 Å². The number of fused-ring (bicyclic) bond motifs is 1. The van der Waals surface area contributed by atoms with Crippen molar-refractivity contribution in [3.05, 3.63) is 42.0 Å². The Morgan fingerprint density at radius 2 is 1.89 bits per heavy atom. The van der Waals surface area contributed by atoms with Crippen molar-refractivity contribution in [3.63, 3.8) is 0 Å². The molecule has 2 bridgehead atoms. The molecule has 3 aliphatic heterocycles. The highest BCUT2D eigenvalue weighted by Crippen LogP contribution is 2.60. The average molecular weight is 496 g/mol. The molecule has 36 heavy (non-hydrogen) atoms. The molecule has 3 fully saturated rings. The van der Waals surface area contributed by atoms with E-state index in [1.54, 1.807) is 44.2 Å². The maximum atomic E-state index is 14.2. The molecule has 1 saturated carbocycles. The van der Waals surface area contributed by atoms with E-state index in [4.69, 9.17) is 9.47 Å². The first-order valence-corrected chi connectivity index (χ1v) is 12.5. The number of ether oxygens (including phenoxy) is 2. The number of hydrogen-bond donors (Lipinski definition) is 2. The van der Waals surface area contributed by atoms with Crippen LogP contribution in [-0.4, -0.2) is 59.1 Å². The van der Waals surface area contributed by atoms with E-state index in [1.165, 1.54) is 4.90 Å². The number of hydrogen-bond acceptors (Lipinski definition) is 6. The SMILES string of the molecule is CCOC(=O)c1cccc(N2C(=O)[C@H]3[C@@H](C(=O)NC4CC4)[C@@]4(C)C=C[C@@]3(O4)[C@@H]2C(=O)NC(C)(C)C)c1. The number of rotatable bonds is 6. The number of carbonyl (C=O) groups excluding carboxylic acids is 4. The lowest BCUT2D eigenvalue weighted by Crippen LogP contribution is -2.58. The molecule has 0 radical (unpaired) electrons. The first-order chi connectivity index (χ1) is 16.9. The van der Waals surface area contributed by atoms with Crippen LogP contribution in [0, 0.1) is 11.8 Å². The molecule has 9 nitrogen and oxygen atoms in total. The van der Waals surface area contributed by atoms with Crippen molar-refractivity contribution in [2.24, 2.45) is 11.8 Å². The van der Waals surface area contributed by atoms with Crippen molar-refractivity contribution in [2.45, 2.75) is 76.3 Å². The Morgan fingerprint density at radius 1 is 1.17 bits per heavy atom. The molecular weight excluding hydrogens is 462 g/mol. The summed E-state index contributed by atoms with van der Waals surface area (Å²) in [6, 6.07) is 5.51. The van der Waals surface area contributed by atoms with E-state index in [-0.39, 0.29) is 30.0 Å². The molecule has 5 rings (SSSR count). The van der Waals surface area contributed by atoms with E-state index in [0.29, 0.717) is 5.69 Å². The molecule has 1 spiro atoms. The topological polar surface area (TPSA) is 114 Å². The third-order valence-corrected chi connectivity index (χ3v) is 7.29. The molecule has 9 heteroatoms. The van der Waals surface area contributed by atoms with Crippen LogP contribution in [0.3, 0.4) is 0 Å². The fraction of sp³-hybridized carbons (Fsp3) is 0.556. The molecule has 4 aliphatic rings. The zero-order chi connectivity index (χ0) is 26.0. The second-order valence-corrected chi connectivity index (χ2v) is 11.3. The number of nitrogens with one attached hydrogen (secondary N) is 2. The summed E-state index contributed by atoms with van der Waals surface area (Å²) in [7, 11) is 0. The van der Waals surface area contributed by atoms with Gasteiger partial charge in [0.05, 0.1) is 29.6 Å². The summed E-state index contributed by atoms with van der Waals surface area (Å²) in [5.41, 5.74) is -2.25. The third kappa shape index (κ3) is 3.80. The number of nitrogens with zero attached hydrogens (tertiary/aromatic N) is 1. The van der Waals surface area contributed by atoms with Gasteiger partial charge < -0.3 is 20.1 Å². The fourth-order valence-corrected chi connectivity index (χ4v) is 5.77. The lowest BCUT2D eigenvalue weighted by atomic mass is 9.70. The molecule has 2 saturated heterocycles. The number of anilines is 1.